The first kappa shape index (κ1) is 19.4. The average molecular weight is 633 g/mol. The lowest BCUT2D eigenvalue weighted by Crippen LogP contribution is -1.93. The third-order valence-corrected chi connectivity index (χ3v) is 9.41. The molecule has 0 saturated heterocycles. The van der Waals surface area contributed by atoms with Crippen LogP contribution in [0.5, 0.6) is 0 Å². The predicted octanol–water partition coefficient (Wildman–Crippen LogP) is 13.7. The van der Waals surface area contributed by atoms with Crippen LogP contribution in [0.15, 0.2) is 186 Å². The Balaban J connectivity index is 1.26. The molecule has 228 valence electrons. The van der Waals surface area contributed by atoms with Crippen LogP contribution in [-0.2, 0) is 0 Å². The van der Waals surface area contributed by atoms with Crippen molar-refractivity contribution in [3.63, 3.8) is 0 Å². The van der Waals surface area contributed by atoms with E-state index < -0.39 is 24.2 Å². The zero-order valence-corrected chi connectivity index (χ0v) is 26.0. The highest BCUT2D eigenvalue weighted by molar-refractivity contribution is 6.27. The van der Waals surface area contributed by atoms with Crippen LogP contribution in [0.1, 0.15) is 13.7 Å². The fourth-order valence-electron chi connectivity index (χ4n) is 7.35. The smallest absolute Gasteiger partial charge is 0.136 e. The molecule has 0 spiro atoms. The molecule has 0 amide bonds. The third-order valence-electron chi connectivity index (χ3n) is 9.41. The van der Waals surface area contributed by atoms with Crippen molar-refractivity contribution in [2.45, 2.75) is 0 Å². The van der Waals surface area contributed by atoms with Crippen molar-refractivity contribution in [1.29, 1.82) is 0 Å². The first-order valence-electron chi connectivity index (χ1n) is 21.0. The highest BCUT2D eigenvalue weighted by atomic mass is 16.3. The second kappa shape index (κ2) is 11.1. The van der Waals surface area contributed by atoms with Crippen LogP contribution in [0, 0.1) is 0 Å². The number of hydrogen-bond donors (Lipinski definition) is 0. The minimum Gasteiger partial charge on any atom is -0.456 e. The molecular formula is C48H30O. The monoisotopic (exact) mass is 632 g/mol. The molecule has 9 aromatic carbocycles. The van der Waals surface area contributed by atoms with E-state index in [9.17, 15) is 0 Å². The molecule has 0 N–H and O–H groups in total. The molecule has 0 aliphatic carbocycles. The summed E-state index contributed by atoms with van der Waals surface area (Å²) >= 11 is 0. The summed E-state index contributed by atoms with van der Waals surface area (Å²) in [6, 6.07) is 35.9. The van der Waals surface area contributed by atoms with Gasteiger partial charge in [0.1, 0.15) is 11.2 Å². The molecule has 0 atom stereocenters. The van der Waals surface area contributed by atoms with Crippen molar-refractivity contribution >= 4 is 54.3 Å². The summed E-state index contributed by atoms with van der Waals surface area (Å²) in [5.41, 5.74) is 6.06. The summed E-state index contributed by atoms with van der Waals surface area (Å²) in [5, 5.41) is 7.34. The molecule has 10 aromatic rings. The predicted molar refractivity (Wildman–Crippen MR) is 208 cm³/mol. The van der Waals surface area contributed by atoms with Gasteiger partial charge in [0.25, 0.3) is 0 Å². The Kier molecular flexibility index (Phi) is 4.39. The lowest BCUT2D eigenvalue weighted by atomic mass is 9.83. The van der Waals surface area contributed by atoms with Crippen molar-refractivity contribution in [2.24, 2.45) is 0 Å². The molecule has 0 bridgehead atoms. The molecule has 0 saturated carbocycles. The summed E-state index contributed by atoms with van der Waals surface area (Å²) < 4.78 is 90.8. The van der Waals surface area contributed by atoms with Crippen LogP contribution in [0.25, 0.3) is 98.8 Å². The maximum Gasteiger partial charge on any atom is 0.136 e. The van der Waals surface area contributed by atoms with Gasteiger partial charge in [-0.3, -0.25) is 0 Å². The minimum atomic E-state index is -0.446. The van der Waals surface area contributed by atoms with Gasteiger partial charge in [0.2, 0.25) is 0 Å². The van der Waals surface area contributed by atoms with E-state index in [1.807, 2.05) is 78.9 Å². The van der Waals surface area contributed by atoms with Crippen LogP contribution in [0.3, 0.4) is 0 Å². The zero-order valence-electron chi connectivity index (χ0n) is 36.0. The summed E-state index contributed by atoms with van der Waals surface area (Å²) in [4.78, 5) is 0. The summed E-state index contributed by atoms with van der Waals surface area (Å²) in [7, 11) is 0. The number of hydrogen-bond acceptors (Lipinski definition) is 1. The highest BCUT2D eigenvalue weighted by Crippen LogP contribution is 2.48. The maximum atomic E-state index is 8.83. The van der Waals surface area contributed by atoms with Gasteiger partial charge in [0.05, 0.1) is 13.7 Å². The lowest BCUT2D eigenvalue weighted by Gasteiger charge is -2.20. The first-order chi connectivity index (χ1) is 28.5. The number of benzene rings is 9. The molecule has 10 rings (SSSR count). The quantitative estimate of drug-likeness (QED) is 0.176. The molecule has 1 heterocycles. The second-order valence-electron chi connectivity index (χ2n) is 12.1. The van der Waals surface area contributed by atoms with Gasteiger partial charge in [0.15, 0.2) is 0 Å². The van der Waals surface area contributed by atoms with Gasteiger partial charge < -0.3 is 4.42 Å². The summed E-state index contributed by atoms with van der Waals surface area (Å²) in [6.45, 7) is 0. The van der Waals surface area contributed by atoms with Crippen LogP contribution < -0.4 is 0 Å². The Labute approximate surface area is 298 Å². The van der Waals surface area contributed by atoms with E-state index in [0.29, 0.717) is 22.3 Å². The van der Waals surface area contributed by atoms with Crippen LogP contribution in [0.4, 0.5) is 0 Å². The van der Waals surface area contributed by atoms with Gasteiger partial charge in [-0.05, 0) is 107 Å². The van der Waals surface area contributed by atoms with Crippen LogP contribution >= 0.6 is 0 Å². The van der Waals surface area contributed by atoms with E-state index in [1.54, 1.807) is 12.1 Å². The van der Waals surface area contributed by atoms with Gasteiger partial charge in [-0.25, -0.2) is 0 Å². The van der Waals surface area contributed by atoms with E-state index in [2.05, 4.69) is 30.3 Å². The Morgan fingerprint density at radius 1 is 0.367 bits per heavy atom. The molecule has 0 unspecified atom stereocenters. The minimum absolute atomic E-state index is 0.106. The molecule has 0 aliphatic rings. The Bertz CT molecular complexity index is 3350. The molecule has 1 aromatic heterocycles. The van der Waals surface area contributed by atoms with Gasteiger partial charge in [-0.2, -0.15) is 0 Å². The molecule has 0 aliphatic heterocycles. The van der Waals surface area contributed by atoms with Crippen molar-refractivity contribution in [1.82, 2.24) is 0 Å². The molecule has 1 nitrogen and oxygen atoms in total. The molecule has 49 heavy (non-hydrogen) atoms. The van der Waals surface area contributed by atoms with E-state index in [4.69, 9.17) is 18.1 Å². The van der Waals surface area contributed by atoms with E-state index in [-0.39, 0.29) is 47.4 Å². The van der Waals surface area contributed by atoms with Crippen molar-refractivity contribution in [3.05, 3.63) is 182 Å². The van der Waals surface area contributed by atoms with Gasteiger partial charge in [0, 0.05) is 10.8 Å². The first-order valence-corrected chi connectivity index (χ1v) is 16.0. The third kappa shape index (κ3) is 4.40. The maximum absolute atomic E-state index is 8.83. The number of furan rings is 1. The topological polar surface area (TPSA) is 13.1 Å². The van der Waals surface area contributed by atoms with E-state index in [1.165, 1.54) is 0 Å². The fraction of sp³-hybridized carbons (Fsp3) is 0. The largest absolute Gasteiger partial charge is 0.456 e. The van der Waals surface area contributed by atoms with Gasteiger partial charge in [-0.1, -0.05) is 151 Å². The molecule has 0 fully saturated rings. The Hall–Kier alpha value is -6.44. The normalized spacial score (nSPS) is 14.5. The summed E-state index contributed by atoms with van der Waals surface area (Å²) in [5.74, 6) is 0. The highest BCUT2D eigenvalue weighted by Gasteiger charge is 2.21. The van der Waals surface area contributed by atoms with Crippen molar-refractivity contribution in [2.75, 3.05) is 0 Å². The van der Waals surface area contributed by atoms with E-state index in [0.717, 1.165) is 65.3 Å². The van der Waals surface area contributed by atoms with Crippen LogP contribution in [-0.4, -0.2) is 0 Å². The standard InChI is InChI=1S/C48H30O/c1-3-14-31(15-4-1)33-26-27-41-45(30-33)49-44-25-13-24-42(48(41)44)46-37-20-9-11-22-39(37)47(40-23-12-10-21-38(40)46)43-29-35(32-16-5-2-6-17-32)28-34-18-7-8-19-36(34)43/h1-30H/i1D,2D,3D,4D,5D,6D,14D,15D,16D,17D. The van der Waals surface area contributed by atoms with Gasteiger partial charge >= 0.3 is 0 Å². The number of rotatable bonds is 4. The molecule has 0 radical (unpaired) electrons. The zero-order chi connectivity index (χ0) is 41.0. The van der Waals surface area contributed by atoms with Gasteiger partial charge in [-0.15, -0.1) is 0 Å². The Morgan fingerprint density at radius 2 is 0.939 bits per heavy atom. The average Bonchev–Trinajstić information content (AvgIpc) is 3.64. The second-order valence-corrected chi connectivity index (χ2v) is 12.1. The van der Waals surface area contributed by atoms with E-state index >= 15 is 0 Å². The summed E-state index contributed by atoms with van der Waals surface area (Å²) in [6.07, 6.45) is 0. The number of fused-ring (bicyclic) bond motifs is 6. The Morgan fingerprint density at radius 3 is 1.59 bits per heavy atom. The molecular weight excluding hydrogens is 593 g/mol. The van der Waals surface area contributed by atoms with Crippen molar-refractivity contribution < 1.29 is 18.1 Å². The van der Waals surface area contributed by atoms with Crippen LogP contribution in [0.2, 0.25) is 0 Å². The SMILES string of the molecule is [2H]c1c([2H])c([2H])c(-c2cc(-c3c4ccccc4c(-c4cccc5oc6cc(-c7c([2H])c([2H])c([2H])c([2H])c7[2H])ccc6c45)c4ccccc34)c3ccccc3c2)c([2H])c1[2H]. The lowest BCUT2D eigenvalue weighted by molar-refractivity contribution is 0.669. The fourth-order valence-corrected chi connectivity index (χ4v) is 7.35. The van der Waals surface area contributed by atoms with Crippen molar-refractivity contribution in [3.8, 4) is 44.5 Å². The molecule has 1 heteroatoms.